The minimum atomic E-state index is -2.15. The molecule has 0 aliphatic carbocycles. The molecule has 0 fully saturated rings. The number of aromatic nitrogens is 2. The Kier molecular flexibility index (Phi) is 5.94. The Morgan fingerprint density at radius 2 is 1.97 bits per heavy atom. The van der Waals surface area contributed by atoms with Gasteiger partial charge in [-0.3, -0.25) is 9.59 Å². The standard InChI is InChI=1S/C26H32N2O5Si/c1-7-22(31)16-11-21-23-18(12-28(21)25(32)19(16)13-33-14-29)24(34(5,6)26(2,3)4)17-10-15(30)8-9-20(17)27-23/h8-11,14,22,30-31H,7,12-13H2,1-6H3. The number of aliphatic hydroxyl groups excluding tert-OH is 1. The first-order valence-electron chi connectivity index (χ1n) is 11.6. The lowest BCUT2D eigenvalue weighted by atomic mass is 10.0. The molecule has 2 aromatic heterocycles. The van der Waals surface area contributed by atoms with Gasteiger partial charge in [-0.25, -0.2) is 4.98 Å². The molecule has 34 heavy (non-hydrogen) atoms. The minimum Gasteiger partial charge on any atom is -0.508 e. The molecule has 8 heteroatoms. The number of phenolic OH excluding ortho intramolecular Hbond substituents is 1. The molecule has 0 amide bonds. The molecule has 0 saturated heterocycles. The van der Waals surface area contributed by atoms with Crippen LogP contribution in [0.25, 0.3) is 22.3 Å². The summed E-state index contributed by atoms with van der Waals surface area (Å²) < 4.78 is 6.60. The fourth-order valence-corrected chi connectivity index (χ4v) is 7.32. The Hall–Kier alpha value is -2.97. The highest BCUT2D eigenvalue weighted by Crippen LogP contribution is 2.41. The van der Waals surface area contributed by atoms with Crippen LogP contribution in [0.5, 0.6) is 5.75 Å². The van der Waals surface area contributed by atoms with Crippen molar-refractivity contribution in [2.24, 2.45) is 0 Å². The molecule has 0 bridgehead atoms. The van der Waals surface area contributed by atoms with Gasteiger partial charge < -0.3 is 19.5 Å². The number of benzene rings is 1. The molecule has 0 radical (unpaired) electrons. The van der Waals surface area contributed by atoms with Crippen molar-refractivity contribution in [3.8, 4) is 17.1 Å². The summed E-state index contributed by atoms with van der Waals surface area (Å²) in [5.74, 6) is 0.184. The summed E-state index contributed by atoms with van der Waals surface area (Å²) in [7, 11) is -2.15. The zero-order chi connectivity index (χ0) is 25.0. The average molecular weight is 481 g/mol. The number of aromatic hydroxyl groups is 1. The van der Waals surface area contributed by atoms with Crippen LogP contribution in [0.2, 0.25) is 18.1 Å². The van der Waals surface area contributed by atoms with E-state index in [1.807, 2.05) is 19.1 Å². The third kappa shape index (κ3) is 3.65. The van der Waals surface area contributed by atoms with Crippen molar-refractivity contribution in [2.75, 3.05) is 0 Å². The van der Waals surface area contributed by atoms with Gasteiger partial charge in [-0.1, -0.05) is 40.8 Å². The van der Waals surface area contributed by atoms with E-state index in [1.165, 1.54) is 5.19 Å². The molecule has 0 spiro atoms. The molecule has 180 valence electrons. The van der Waals surface area contributed by atoms with Crippen molar-refractivity contribution in [3.05, 3.63) is 51.3 Å². The molecule has 3 aromatic rings. The number of phenols is 1. The lowest BCUT2D eigenvalue weighted by Crippen LogP contribution is -2.51. The molecule has 1 aliphatic rings. The lowest BCUT2D eigenvalue weighted by Gasteiger charge is -2.39. The summed E-state index contributed by atoms with van der Waals surface area (Å²) in [6.07, 6.45) is -0.436. The van der Waals surface area contributed by atoms with E-state index in [0.717, 1.165) is 22.2 Å². The van der Waals surface area contributed by atoms with Gasteiger partial charge in [0.05, 0.1) is 43.2 Å². The highest BCUT2D eigenvalue weighted by molar-refractivity contribution is 6.94. The maximum atomic E-state index is 13.6. The average Bonchev–Trinajstić information content (AvgIpc) is 3.13. The monoisotopic (exact) mass is 480 g/mol. The lowest BCUT2D eigenvalue weighted by molar-refractivity contribution is -0.129. The Morgan fingerprint density at radius 3 is 2.59 bits per heavy atom. The van der Waals surface area contributed by atoms with Crippen molar-refractivity contribution in [1.29, 1.82) is 0 Å². The predicted octanol–water partition coefficient (Wildman–Crippen LogP) is 3.96. The summed E-state index contributed by atoms with van der Waals surface area (Å²) in [5, 5.41) is 23.1. The van der Waals surface area contributed by atoms with E-state index in [2.05, 4.69) is 33.9 Å². The first-order valence-corrected chi connectivity index (χ1v) is 14.6. The third-order valence-corrected chi connectivity index (χ3v) is 13.2. The van der Waals surface area contributed by atoms with E-state index < -0.39 is 14.2 Å². The van der Waals surface area contributed by atoms with Gasteiger partial charge in [0.25, 0.3) is 12.0 Å². The van der Waals surface area contributed by atoms with Crippen molar-refractivity contribution < 1.29 is 19.7 Å². The van der Waals surface area contributed by atoms with Gasteiger partial charge in [0.15, 0.2) is 0 Å². The van der Waals surface area contributed by atoms with E-state index in [4.69, 9.17) is 9.72 Å². The molecular weight excluding hydrogens is 448 g/mol. The fourth-order valence-electron chi connectivity index (χ4n) is 4.74. The number of carbonyl (C=O) groups excluding carboxylic acids is 1. The first-order chi connectivity index (χ1) is 15.9. The second-order valence-corrected chi connectivity index (χ2v) is 15.8. The van der Waals surface area contributed by atoms with Crippen LogP contribution in [0, 0.1) is 0 Å². The van der Waals surface area contributed by atoms with Gasteiger partial charge in [-0.05, 0) is 52.0 Å². The molecule has 1 aromatic carbocycles. The van der Waals surface area contributed by atoms with Crippen LogP contribution in [0.4, 0.5) is 0 Å². The van der Waals surface area contributed by atoms with Crippen LogP contribution in [0.3, 0.4) is 0 Å². The smallest absolute Gasteiger partial charge is 0.293 e. The van der Waals surface area contributed by atoms with Crippen molar-refractivity contribution in [1.82, 2.24) is 9.55 Å². The quantitative estimate of drug-likeness (QED) is 0.320. The second-order valence-electron chi connectivity index (χ2n) is 10.6. The van der Waals surface area contributed by atoms with Gasteiger partial charge in [-0.15, -0.1) is 0 Å². The second kappa shape index (κ2) is 8.36. The molecule has 0 saturated carbocycles. The fraction of sp³-hybridized carbons (Fsp3) is 0.423. The van der Waals surface area contributed by atoms with Crippen molar-refractivity contribution >= 4 is 30.6 Å². The van der Waals surface area contributed by atoms with Crippen LogP contribution in [0.15, 0.2) is 29.1 Å². The van der Waals surface area contributed by atoms with Gasteiger partial charge in [0.2, 0.25) is 0 Å². The summed E-state index contributed by atoms with van der Waals surface area (Å²) >= 11 is 0. The van der Waals surface area contributed by atoms with Gasteiger partial charge >= 0.3 is 0 Å². The minimum absolute atomic E-state index is 0.00672. The molecule has 1 atom stereocenters. The Balaban J connectivity index is 2.09. The zero-order valence-electron chi connectivity index (χ0n) is 20.6. The molecule has 1 unspecified atom stereocenters. The zero-order valence-corrected chi connectivity index (χ0v) is 21.6. The number of nitrogens with zero attached hydrogens (tertiary/aromatic N) is 2. The highest BCUT2D eigenvalue weighted by Gasteiger charge is 2.42. The topological polar surface area (TPSA) is 102 Å². The van der Waals surface area contributed by atoms with Gasteiger partial charge in [-0.2, -0.15) is 0 Å². The van der Waals surface area contributed by atoms with Crippen LogP contribution in [-0.4, -0.2) is 34.3 Å². The summed E-state index contributed by atoms with van der Waals surface area (Å²) in [6, 6.07) is 7.04. The summed E-state index contributed by atoms with van der Waals surface area (Å²) in [5.41, 5.74) is 3.63. The molecular formula is C26H32N2O5Si. The maximum Gasteiger partial charge on any atom is 0.293 e. The number of rotatable bonds is 6. The Morgan fingerprint density at radius 1 is 1.26 bits per heavy atom. The van der Waals surface area contributed by atoms with Crippen molar-refractivity contribution in [3.63, 3.8) is 0 Å². The maximum absolute atomic E-state index is 13.6. The van der Waals surface area contributed by atoms with E-state index in [1.54, 1.807) is 16.7 Å². The summed E-state index contributed by atoms with van der Waals surface area (Å²) in [6.45, 7) is 13.6. The predicted molar refractivity (Wildman–Crippen MR) is 135 cm³/mol. The number of aliphatic hydroxyl groups is 1. The number of fused-ring (bicyclic) bond motifs is 4. The highest BCUT2D eigenvalue weighted by atomic mass is 28.3. The molecule has 4 rings (SSSR count). The van der Waals surface area contributed by atoms with Crippen LogP contribution >= 0.6 is 0 Å². The molecule has 3 heterocycles. The first kappa shape index (κ1) is 24.2. The van der Waals surface area contributed by atoms with E-state index in [9.17, 15) is 19.8 Å². The van der Waals surface area contributed by atoms with E-state index in [-0.39, 0.29) is 28.5 Å². The van der Waals surface area contributed by atoms with Crippen LogP contribution in [-0.2, 0) is 22.7 Å². The van der Waals surface area contributed by atoms with Crippen LogP contribution in [0.1, 0.15) is 56.9 Å². The third-order valence-electron chi connectivity index (χ3n) is 7.60. The van der Waals surface area contributed by atoms with Gasteiger partial charge in [0.1, 0.15) is 12.4 Å². The molecule has 7 nitrogen and oxygen atoms in total. The largest absolute Gasteiger partial charge is 0.508 e. The van der Waals surface area contributed by atoms with Crippen molar-refractivity contribution in [2.45, 2.75) is 71.5 Å². The van der Waals surface area contributed by atoms with Gasteiger partial charge in [0, 0.05) is 5.39 Å². The number of hydrogen-bond donors (Lipinski definition) is 2. The van der Waals surface area contributed by atoms with E-state index >= 15 is 0 Å². The number of ether oxygens (including phenoxy) is 1. The Labute approximate surface area is 200 Å². The Bertz CT molecular complexity index is 1350. The number of pyridine rings is 2. The number of hydrogen-bond acceptors (Lipinski definition) is 6. The van der Waals surface area contributed by atoms with Crippen LogP contribution < -0.4 is 10.7 Å². The molecule has 2 N–H and O–H groups in total. The molecule has 1 aliphatic heterocycles. The summed E-state index contributed by atoms with van der Waals surface area (Å²) in [4.78, 5) is 29.4. The SMILES string of the molecule is CCC(O)c1cc2n(c(=O)c1COC=O)Cc1c-2nc2ccc(O)cc2c1[Si](C)(C)C(C)(C)C. The van der Waals surface area contributed by atoms with E-state index in [0.29, 0.717) is 30.7 Å². The normalized spacial score (nSPS) is 14.1. The number of carbonyl (C=O) groups is 1.